The molecule has 100 valence electrons. The summed E-state index contributed by atoms with van der Waals surface area (Å²) < 4.78 is 0. The molecule has 0 aliphatic carbocycles. The van der Waals surface area contributed by atoms with E-state index in [2.05, 4.69) is 15.5 Å². The van der Waals surface area contributed by atoms with Crippen molar-refractivity contribution in [1.29, 1.82) is 0 Å². The molecule has 0 saturated heterocycles. The number of hydrogen-bond acceptors (Lipinski definition) is 4. The van der Waals surface area contributed by atoms with Crippen LogP contribution in [-0.4, -0.2) is 33.4 Å². The van der Waals surface area contributed by atoms with Crippen LogP contribution in [-0.2, 0) is 6.42 Å². The summed E-state index contributed by atoms with van der Waals surface area (Å²) in [6.45, 7) is 7.38. The summed E-state index contributed by atoms with van der Waals surface area (Å²) in [5.41, 5.74) is 1.33. The van der Waals surface area contributed by atoms with Crippen molar-refractivity contribution in [3.63, 3.8) is 0 Å². The van der Waals surface area contributed by atoms with Crippen molar-refractivity contribution in [2.45, 2.75) is 46.1 Å². The van der Waals surface area contributed by atoms with Gasteiger partial charge in [-0.2, -0.15) is 10.2 Å². The zero-order valence-corrected chi connectivity index (χ0v) is 11.4. The lowest BCUT2D eigenvalue weighted by atomic mass is 9.99. The van der Waals surface area contributed by atoms with Crippen molar-refractivity contribution >= 4 is 5.91 Å². The number of aliphatic hydroxyl groups is 1. The highest BCUT2D eigenvalue weighted by Gasteiger charge is 2.25. The minimum absolute atomic E-state index is 0.0891. The fourth-order valence-corrected chi connectivity index (χ4v) is 1.55. The molecule has 1 aromatic rings. The van der Waals surface area contributed by atoms with Crippen LogP contribution in [0.2, 0.25) is 0 Å². The lowest BCUT2D eigenvalue weighted by Gasteiger charge is -2.27. The Morgan fingerprint density at radius 1 is 1.44 bits per heavy atom. The first kappa shape index (κ1) is 14.6. The normalized spacial score (nSPS) is 14.1. The number of nitrogens with one attached hydrogen (secondary N) is 1. The minimum Gasteiger partial charge on any atom is -0.394 e. The number of aliphatic hydroxyl groups excluding tert-OH is 1. The lowest BCUT2D eigenvalue weighted by Crippen LogP contribution is -2.48. The van der Waals surface area contributed by atoms with Crippen LogP contribution in [0.4, 0.5) is 0 Å². The Morgan fingerprint density at radius 3 is 2.61 bits per heavy atom. The second-order valence-electron chi connectivity index (χ2n) is 4.73. The van der Waals surface area contributed by atoms with Gasteiger partial charge in [-0.05, 0) is 32.8 Å². The van der Waals surface area contributed by atoms with Gasteiger partial charge in [-0.15, -0.1) is 0 Å². The maximum Gasteiger partial charge on any atom is 0.253 e. The molecule has 1 rings (SSSR count). The van der Waals surface area contributed by atoms with Crippen LogP contribution in [0.1, 0.15) is 48.9 Å². The summed E-state index contributed by atoms with van der Waals surface area (Å²) in [4.78, 5) is 12.2. The first-order valence-electron chi connectivity index (χ1n) is 6.22. The van der Waals surface area contributed by atoms with E-state index in [-0.39, 0.29) is 12.5 Å². The highest BCUT2D eigenvalue weighted by molar-refractivity contribution is 5.95. The molecular formula is C13H21N3O2. The third kappa shape index (κ3) is 3.26. The van der Waals surface area contributed by atoms with Crippen LogP contribution in [0, 0.1) is 6.92 Å². The molecule has 0 spiro atoms. The van der Waals surface area contributed by atoms with Gasteiger partial charge < -0.3 is 10.4 Å². The first-order valence-corrected chi connectivity index (χ1v) is 6.22. The van der Waals surface area contributed by atoms with Crippen molar-refractivity contribution in [1.82, 2.24) is 15.5 Å². The van der Waals surface area contributed by atoms with E-state index < -0.39 is 5.54 Å². The van der Waals surface area contributed by atoms with Gasteiger partial charge in [-0.1, -0.05) is 13.8 Å². The molecular weight excluding hydrogens is 230 g/mol. The molecule has 5 nitrogen and oxygen atoms in total. The summed E-state index contributed by atoms with van der Waals surface area (Å²) in [5.74, 6) is -0.205. The van der Waals surface area contributed by atoms with Gasteiger partial charge in [0.1, 0.15) is 0 Å². The van der Waals surface area contributed by atoms with Gasteiger partial charge >= 0.3 is 0 Å². The summed E-state index contributed by atoms with van der Waals surface area (Å²) in [6, 6.07) is 1.73. The molecule has 0 radical (unpaired) electrons. The van der Waals surface area contributed by atoms with Gasteiger partial charge in [0.05, 0.1) is 29.1 Å². The third-order valence-electron chi connectivity index (χ3n) is 3.12. The average molecular weight is 251 g/mol. The summed E-state index contributed by atoms with van der Waals surface area (Å²) in [5, 5.41) is 20.2. The molecule has 0 fully saturated rings. The van der Waals surface area contributed by atoms with Crippen molar-refractivity contribution in [3.05, 3.63) is 23.0 Å². The topological polar surface area (TPSA) is 75.1 Å². The van der Waals surface area contributed by atoms with E-state index in [1.54, 1.807) is 13.0 Å². The lowest BCUT2D eigenvalue weighted by molar-refractivity contribution is 0.0845. The number of carbonyl (C=O) groups excluding carboxylic acids is 1. The fraction of sp³-hybridized carbons (Fsp3) is 0.615. The zero-order valence-electron chi connectivity index (χ0n) is 11.4. The highest BCUT2D eigenvalue weighted by atomic mass is 16.3. The standard InChI is InChI=1S/C13H21N3O2/c1-5-11-10(7-9(3)15-16-11)12(18)14-13(4,6-2)8-17/h7,17H,5-6,8H2,1-4H3,(H,14,18). The van der Waals surface area contributed by atoms with Crippen LogP contribution in [0.3, 0.4) is 0 Å². The largest absolute Gasteiger partial charge is 0.394 e. The Hall–Kier alpha value is -1.49. The smallest absolute Gasteiger partial charge is 0.253 e. The number of aromatic nitrogens is 2. The molecule has 1 amide bonds. The SMILES string of the molecule is CCc1nnc(C)cc1C(=O)NC(C)(CC)CO. The molecule has 0 bridgehead atoms. The van der Waals surface area contributed by atoms with E-state index in [4.69, 9.17) is 0 Å². The van der Waals surface area contributed by atoms with E-state index in [1.165, 1.54) is 0 Å². The average Bonchev–Trinajstić information content (AvgIpc) is 2.38. The van der Waals surface area contributed by atoms with Gasteiger partial charge in [-0.25, -0.2) is 0 Å². The zero-order chi connectivity index (χ0) is 13.8. The monoisotopic (exact) mass is 251 g/mol. The van der Waals surface area contributed by atoms with Gasteiger partial charge in [0.15, 0.2) is 0 Å². The fourth-order valence-electron chi connectivity index (χ4n) is 1.55. The number of nitrogens with zero attached hydrogens (tertiary/aromatic N) is 2. The van der Waals surface area contributed by atoms with Gasteiger partial charge in [0.25, 0.3) is 5.91 Å². The predicted molar refractivity (Wildman–Crippen MR) is 69.4 cm³/mol. The molecule has 1 unspecified atom stereocenters. The second kappa shape index (κ2) is 5.91. The summed E-state index contributed by atoms with van der Waals surface area (Å²) in [6.07, 6.45) is 1.31. The molecule has 0 aliphatic rings. The first-order chi connectivity index (χ1) is 8.45. The molecule has 1 aromatic heterocycles. The highest BCUT2D eigenvalue weighted by Crippen LogP contribution is 2.12. The van der Waals surface area contributed by atoms with Crippen LogP contribution in [0.5, 0.6) is 0 Å². The molecule has 1 atom stereocenters. The number of amides is 1. The van der Waals surface area contributed by atoms with Crippen molar-refractivity contribution in [3.8, 4) is 0 Å². The van der Waals surface area contributed by atoms with Crippen molar-refractivity contribution in [2.75, 3.05) is 6.61 Å². The van der Waals surface area contributed by atoms with Crippen LogP contribution in [0.25, 0.3) is 0 Å². The Morgan fingerprint density at radius 2 is 2.11 bits per heavy atom. The number of hydrogen-bond donors (Lipinski definition) is 2. The second-order valence-corrected chi connectivity index (χ2v) is 4.73. The van der Waals surface area contributed by atoms with Crippen molar-refractivity contribution in [2.24, 2.45) is 0 Å². The van der Waals surface area contributed by atoms with Gasteiger partial charge in [0, 0.05) is 0 Å². The summed E-state index contributed by atoms with van der Waals surface area (Å²) >= 11 is 0. The summed E-state index contributed by atoms with van der Waals surface area (Å²) in [7, 11) is 0. The van der Waals surface area contributed by atoms with E-state index in [1.807, 2.05) is 20.8 Å². The van der Waals surface area contributed by atoms with Crippen LogP contribution < -0.4 is 5.32 Å². The maximum atomic E-state index is 12.2. The predicted octanol–water partition coefficient (Wildman–Crippen LogP) is 1.24. The van der Waals surface area contributed by atoms with Crippen LogP contribution >= 0.6 is 0 Å². The van der Waals surface area contributed by atoms with Crippen molar-refractivity contribution < 1.29 is 9.90 Å². The Labute approximate surface area is 108 Å². The molecule has 5 heteroatoms. The van der Waals surface area contributed by atoms with E-state index >= 15 is 0 Å². The van der Waals surface area contributed by atoms with Gasteiger partial charge in [-0.3, -0.25) is 4.79 Å². The van der Waals surface area contributed by atoms with E-state index in [0.717, 1.165) is 0 Å². The number of aryl methyl sites for hydroxylation is 2. The molecule has 2 N–H and O–H groups in total. The molecule has 1 heterocycles. The van der Waals surface area contributed by atoms with Crippen LogP contribution in [0.15, 0.2) is 6.07 Å². The molecule has 0 aliphatic heterocycles. The Bertz CT molecular complexity index is 428. The quantitative estimate of drug-likeness (QED) is 0.825. The maximum absolute atomic E-state index is 12.2. The third-order valence-corrected chi connectivity index (χ3v) is 3.12. The van der Waals surface area contributed by atoms with E-state index in [9.17, 15) is 9.90 Å². The number of carbonyl (C=O) groups is 1. The van der Waals surface area contributed by atoms with Gasteiger partial charge in [0.2, 0.25) is 0 Å². The van der Waals surface area contributed by atoms with E-state index in [0.29, 0.717) is 29.8 Å². The molecule has 0 aromatic carbocycles. The number of rotatable bonds is 5. The molecule has 18 heavy (non-hydrogen) atoms. The Kier molecular flexibility index (Phi) is 4.78. The molecule has 0 saturated carbocycles. The Balaban J connectivity index is 3.00. The minimum atomic E-state index is -0.598.